The van der Waals surface area contributed by atoms with Gasteiger partial charge in [-0.25, -0.2) is 4.79 Å². The molecule has 0 bridgehead atoms. The molecule has 0 aliphatic carbocycles. The van der Waals surface area contributed by atoms with Gasteiger partial charge in [-0.3, -0.25) is 4.79 Å². The van der Waals surface area contributed by atoms with Crippen LogP contribution in [0, 0.1) is 0 Å². The van der Waals surface area contributed by atoms with Crippen molar-refractivity contribution in [1.82, 2.24) is 4.90 Å². The molecule has 2 aromatic rings. The van der Waals surface area contributed by atoms with Crippen LogP contribution < -0.4 is 4.74 Å². The van der Waals surface area contributed by atoms with Gasteiger partial charge in [0.15, 0.2) is 5.76 Å². The summed E-state index contributed by atoms with van der Waals surface area (Å²) in [7, 11) is 1.28. The number of hydrogen-bond donors (Lipinski definition) is 1. The zero-order valence-electron chi connectivity index (χ0n) is 13.2. The third-order valence-electron chi connectivity index (χ3n) is 3.45. The minimum absolute atomic E-state index is 0.00723. The lowest BCUT2D eigenvalue weighted by molar-refractivity contribution is -0.274. The fourth-order valence-electron chi connectivity index (χ4n) is 2.00. The molecule has 1 amide bonds. The summed E-state index contributed by atoms with van der Waals surface area (Å²) in [5, 5.41) is 8.93. The van der Waals surface area contributed by atoms with Gasteiger partial charge in [0.2, 0.25) is 0 Å². The summed E-state index contributed by atoms with van der Waals surface area (Å²) in [6.45, 7) is 1.32. The first-order chi connectivity index (χ1) is 11.6. The van der Waals surface area contributed by atoms with E-state index in [-0.39, 0.29) is 17.1 Å². The Morgan fingerprint density at radius 1 is 1.20 bits per heavy atom. The van der Waals surface area contributed by atoms with E-state index in [1.165, 1.54) is 44.3 Å². The molecule has 0 saturated carbocycles. The minimum Gasteiger partial charge on any atom is -0.480 e. The molecule has 6 nitrogen and oxygen atoms in total. The quantitative estimate of drug-likeness (QED) is 0.887. The van der Waals surface area contributed by atoms with E-state index in [1.54, 1.807) is 0 Å². The van der Waals surface area contributed by atoms with Crippen molar-refractivity contribution in [2.75, 3.05) is 7.05 Å². The highest BCUT2D eigenvalue weighted by Gasteiger charge is 2.32. The normalized spacial score (nSPS) is 12.5. The monoisotopic (exact) mass is 357 g/mol. The van der Waals surface area contributed by atoms with Gasteiger partial charge < -0.3 is 19.2 Å². The van der Waals surface area contributed by atoms with Crippen molar-refractivity contribution in [3.8, 4) is 17.1 Å². The zero-order valence-corrected chi connectivity index (χ0v) is 13.2. The van der Waals surface area contributed by atoms with Crippen LogP contribution in [0.25, 0.3) is 11.3 Å². The van der Waals surface area contributed by atoms with Gasteiger partial charge in [0.25, 0.3) is 5.91 Å². The van der Waals surface area contributed by atoms with E-state index in [2.05, 4.69) is 4.74 Å². The molecule has 9 heteroatoms. The Bertz CT molecular complexity index is 784. The number of alkyl halides is 3. The maximum atomic E-state index is 12.5. The summed E-state index contributed by atoms with van der Waals surface area (Å²) in [6.07, 6.45) is -4.88. The second kappa shape index (κ2) is 6.88. The van der Waals surface area contributed by atoms with Crippen LogP contribution in [-0.4, -0.2) is 41.3 Å². The van der Waals surface area contributed by atoms with Crippen molar-refractivity contribution in [2.45, 2.75) is 19.3 Å². The SMILES string of the molecule is CC(C(=O)O)N(C)C(=O)c1ccc(-c2ccccc2OC(F)(F)F)o1. The maximum absolute atomic E-state index is 12.5. The molecule has 134 valence electrons. The van der Waals surface area contributed by atoms with Crippen LogP contribution in [-0.2, 0) is 4.79 Å². The highest BCUT2D eigenvalue weighted by atomic mass is 19.4. The van der Waals surface area contributed by atoms with E-state index < -0.39 is 30.0 Å². The number of amides is 1. The number of benzene rings is 1. The van der Waals surface area contributed by atoms with Crippen LogP contribution >= 0.6 is 0 Å². The predicted octanol–water partition coefficient (Wildman–Crippen LogP) is 3.39. The van der Waals surface area contributed by atoms with Gasteiger partial charge in [-0.2, -0.15) is 0 Å². The Balaban J connectivity index is 2.31. The number of hydrogen-bond acceptors (Lipinski definition) is 4. The number of carbonyl (C=O) groups is 2. The van der Waals surface area contributed by atoms with Gasteiger partial charge in [-0.05, 0) is 31.2 Å². The van der Waals surface area contributed by atoms with Crippen molar-refractivity contribution < 1.29 is 37.0 Å². The van der Waals surface area contributed by atoms with Gasteiger partial charge in [0.05, 0.1) is 5.56 Å². The average molecular weight is 357 g/mol. The van der Waals surface area contributed by atoms with E-state index >= 15 is 0 Å². The number of carboxylic acids is 1. The number of likely N-dealkylation sites (N-methyl/N-ethyl adjacent to an activating group) is 1. The fraction of sp³-hybridized carbons (Fsp3) is 0.250. The Morgan fingerprint density at radius 3 is 2.44 bits per heavy atom. The molecule has 1 heterocycles. The number of rotatable bonds is 5. The molecule has 0 fully saturated rings. The molecule has 0 saturated heterocycles. The fourth-order valence-corrected chi connectivity index (χ4v) is 2.00. The van der Waals surface area contributed by atoms with Gasteiger partial charge in [-0.15, -0.1) is 13.2 Å². The molecule has 2 rings (SSSR count). The molecule has 1 atom stereocenters. The lowest BCUT2D eigenvalue weighted by Crippen LogP contribution is -2.40. The molecule has 25 heavy (non-hydrogen) atoms. The van der Waals surface area contributed by atoms with Crippen molar-refractivity contribution in [3.63, 3.8) is 0 Å². The minimum atomic E-state index is -4.88. The molecule has 0 radical (unpaired) electrons. The molecule has 0 spiro atoms. The molecule has 1 aromatic carbocycles. The lowest BCUT2D eigenvalue weighted by atomic mass is 10.1. The Labute approximate surface area is 140 Å². The topological polar surface area (TPSA) is 80.0 Å². The molecule has 1 unspecified atom stereocenters. The number of carbonyl (C=O) groups excluding carboxylic acids is 1. The number of carboxylic acid groups (broad SMARTS) is 1. The second-order valence-electron chi connectivity index (χ2n) is 5.14. The largest absolute Gasteiger partial charge is 0.573 e. The third-order valence-corrected chi connectivity index (χ3v) is 3.45. The van der Waals surface area contributed by atoms with E-state index in [4.69, 9.17) is 9.52 Å². The molecular weight excluding hydrogens is 343 g/mol. The summed E-state index contributed by atoms with van der Waals surface area (Å²) >= 11 is 0. The highest BCUT2D eigenvalue weighted by molar-refractivity contribution is 5.94. The van der Waals surface area contributed by atoms with Crippen LogP contribution in [0.15, 0.2) is 40.8 Å². The first kappa shape index (κ1) is 18.4. The third kappa shape index (κ3) is 4.31. The van der Waals surface area contributed by atoms with Crippen molar-refractivity contribution >= 4 is 11.9 Å². The van der Waals surface area contributed by atoms with Crippen LogP contribution in [0.5, 0.6) is 5.75 Å². The van der Waals surface area contributed by atoms with Gasteiger partial charge in [-0.1, -0.05) is 12.1 Å². The van der Waals surface area contributed by atoms with Gasteiger partial charge in [0, 0.05) is 7.05 Å². The first-order valence-electron chi connectivity index (χ1n) is 7.05. The van der Waals surface area contributed by atoms with Crippen molar-refractivity contribution in [1.29, 1.82) is 0 Å². The van der Waals surface area contributed by atoms with E-state index in [1.807, 2.05) is 0 Å². The average Bonchev–Trinajstić information content (AvgIpc) is 3.01. The summed E-state index contributed by atoms with van der Waals surface area (Å²) in [6, 6.07) is 6.78. The Kier molecular flexibility index (Phi) is 5.05. The van der Waals surface area contributed by atoms with Crippen LogP contribution in [0.3, 0.4) is 0 Å². The lowest BCUT2D eigenvalue weighted by Gasteiger charge is -2.20. The van der Waals surface area contributed by atoms with Crippen molar-refractivity contribution in [2.24, 2.45) is 0 Å². The summed E-state index contributed by atoms with van der Waals surface area (Å²) < 4.78 is 46.7. The van der Waals surface area contributed by atoms with E-state index in [0.29, 0.717) is 0 Å². The number of ether oxygens (including phenoxy) is 1. The van der Waals surface area contributed by atoms with Crippen molar-refractivity contribution in [3.05, 3.63) is 42.2 Å². The molecule has 0 aliphatic rings. The number of nitrogens with zero attached hydrogens (tertiary/aromatic N) is 1. The molecule has 0 aliphatic heterocycles. The summed E-state index contributed by atoms with van der Waals surface area (Å²) in [5.41, 5.74) is 0.00723. The van der Waals surface area contributed by atoms with Crippen LogP contribution in [0.1, 0.15) is 17.5 Å². The first-order valence-corrected chi connectivity index (χ1v) is 7.05. The predicted molar refractivity (Wildman–Crippen MR) is 80.0 cm³/mol. The standard InChI is InChI=1S/C16H14F3NO5/c1-9(15(22)23)20(2)14(21)13-8-7-11(24-13)10-5-3-4-6-12(10)25-16(17,18)19/h3-9H,1-2H3,(H,22,23). The highest BCUT2D eigenvalue weighted by Crippen LogP contribution is 2.34. The number of aliphatic carboxylic acids is 1. The molecule has 1 N–H and O–H groups in total. The number of furan rings is 1. The summed E-state index contributed by atoms with van der Waals surface area (Å²) in [4.78, 5) is 24.1. The molecular formula is C16H14F3NO5. The van der Waals surface area contributed by atoms with Gasteiger partial charge in [0.1, 0.15) is 17.6 Å². The second-order valence-corrected chi connectivity index (χ2v) is 5.14. The number of halogens is 3. The van der Waals surface area contributed by atoms with Gasteiger partial charge >= 0.3 is 12.3 Å². The molecule has 1 aromatic heterocycles. The van der Waals surface area contributed by atoms with E-state index in [9.17, 15) is 22.8 Å². The summed E-state index contributed by atoms with van der Waals surface area (Å²) in [5.74, 6) is -2.61. The smallest absolute Gasteiger partial charge is 0.480 e. The Morgan fingerprint density at radius 2 is 1.84 bits per heavy atom. The number of para-hydroxylation sites is 1. The Hall–Kier alpha value is -2.97. The van der Waals surface area contributed by atoms with Crippen LogP contribution in [0.2, 0.25) is 0 Å². The van der Waals surface area contributed by atoms with Crippen LogP contribution in [0.4, 0.5) is 13.2 Å². The van der Waals surface area contributed by atoms with E-state index in [0.717, 1.165) is 11.0 Å². The maximum Gasteiger partial charge on any atom is 0.573 e. The zero-order chi connectivity index (χ0) is 18.8.